The number of hydrogen-bond donors (Lipinski definition) is 3. The van der Waals surface area contributed by atoms with Crippen molar-refractivity contribution in [2.75, 3.05) is 11.9 Å². The second-order valence-corrected chi connectivity index (χ2v) is 9.01. The number of nitrogens with one attached hydrogen (secondary N) is 1. The standard InChI is InChI=1S/C24H26N2O3S/c1-15-4-9-21(27)19(11-15)20-12-18(22-3-2-10-30-22)13-23(26-20)25-14-16-5-7-17(8-6-16)24(28)29/h2-4,9-13,16-17,27H,5-8,14H2,1H3,(H,25,26)(H,28,29)/t16-,17-. The van der Waals surface area contributed by atoms with E-state index in [4.69, 9.17) is 4.98 Å². The number of aliphatic carboxylic acids is 1. The van der Waals surface area contributed by atoms with Gasteiger partial charge in [0.15, 0.2) is 0 Å². The van der Waals surface area contributed by atoms with Crippen LogP contribution >= 0.6 is 11.3 Å². The number of thiophene rings is 1. The number of pyridine rings is 1. The first-order chi connectivity index (χ1) is 14.5. The molecule has 1 fully saturated rings. The van der Waals surface area contributed by atoms with E-state index in [0.29, 0.717) is 5.92 Å². The predicted octanol–water partition coefficient (Wildman–Crippen LogP) is 5.79. The van der Waals surface area contributed by atoms with E-state index in [2.05, 4.69) is 11.4 Å². The van der Waals surface area contributed by atoms with Crippen LogP contribution in [0.3, 0.4) is 0 Å². The van der Waals surface area contributed by atoms with Crippen LogP contribution in [-0.4, -0.2) is 27.7 Å². The first-order valence-corrected chi connectivity index (χ1v) is 11.2. The fourth-order valence-corrected chi connectivity index (χ4v) is 4.78. The summed E-state index contributed by atoms with van der Waals surface area (Å²) in [5.41, 5.74) is 3.58. The maximum absolute atomic E-state index is 11.2. The van der Waals surface area contributed by atoms with E-state index >= 15 is 0 Å². The molecule has 30 heavy (non-hydrogen) atoms. The minimum atomic E-state index is -0.672. The van der Waals surface area contributed by atoms with Crippen molar-refractivity contribution in [2.45, 2.75) is 32.6 Å². The Morgan fingerprint density at radius 2 is 1.97 bits per heavy atom. The molecule has 0 bridgehead atoms. The zero-order valence-corrected chi connectivity index (χ0v) is 17.8. The van der Waals surface area contributed by atoms with Crippen LogP contribution in [0.1, 0.15) is 31.2 Å². The van der Waals surface area contributed by atoms with E-state index in [1.807, 2.05) is 42.6 Å². The summed E-state index contributed by atoms with van der Waals surface area (Å²) in [7, 11) is 0. The van der Waals surface area contributed by atoms with Crippen molar-refractivity contribution >= 4 is 23.1 Å². The van der Waals surface area contributed by atoms with Gasteiger partial charge in [0, 0.05) is 17.0 Å². The maximum atomic E-state index is 11.2. The lowest BCUT2D eigenvalue weighted by Gasteiger charge is -2.26. The zero-order valence-electron chi connectivity index (χ0n) is 17.0. The monoisotopic (exact) mass is 422 g/mol. The minimum absolute atomic E-state index is 0.197. The Morgan fingerprint density at radius 1 is 1.17 bits per heavy atom. The van der Waals surface area contributed by atoms with Crippen LogP contribution in [-0.2, 0) is 4.79 Å². The Morgan fingerprint density at radius 3 is 2.67 bits per heavy atom. The molecule has 0 aliphatic heterocycles. The van der Waals surface area contributed by atoms with E-state index in [0.717, 1.165) is 65.3 Å². The van der Waals surface area contributed by atoms with E-state index in [-0.39, 0.29) is 11.7 Å². The average molecular weight is 423 g/mol. The average Bonchev–Trinajstić information content (AvgIpc) is 3.29. The van der Waals surface area contributed by atoms with Gasteiger partial charge < -0.3 is 15.5 Å². The zero-order chi connectivity index (χ0) is 21.1. The number of carbonyl (C=O) groups is 1. The highest BCUT2D eigenvalue weighted by Crippen LogP contribution is 2.35. The molecule has 0 unspecified atom stereocenters. The van der Waals surface area contributed by atoms with Gasteiger partial charge in [0.1, 0.15) is 11.6 Å². The number of rotatable bonds is 6. The Hall–Kier alpha value is -2.86. The Kier molecular flexibility index (Phi) is 6.04. The summed E-state index contributed by atoms with van der Waals surface area (Å²) >= 11 is 1.67. The van der Waals surface area contributed by atoms with Gasteiger partial charge in [0.05, 0.1) is 11.6 Å². The lowest BCUT2D eigenvalue weighted by Crippen LogP contribution is -2.25. The number of aromatic hydroxyl groups is 1. The molecular weight excluding hydrogens is 396 g/mol. The third-order valence-electron chi connectivity index (χ3n) is 5.83. The molecular formula is C24H26N2O3S. The topological polar surface area (TPSA) is 82.5 Å². The second-order valence-electron chi connectivity index (χ2n) is 8.06. The summed E-state index contributed by atoms with van der Waals surface area (Å²) < 4.78 is 0. The summed E-state index contributed by atoms with van der Waals surface area (Å²) in [6.45, 7) is 2.77. The first-order valence-electron chi connectivity index (χ1n) is 10.3. The van der Waals surface area contributed by atoms with Gasteiger partial charge in [0.2, 0.25) is 0 Å². The first kappa shape index (κ1) is 20.4. The molecule has 0 saturated heterocycles. The summed E-state index contributed by atoms with van der Waals surface area (Å²) in [6.07, 6.45) is 3.32. The normalized spacial score (nSPS) is 18.8. The molecule has 2 aromatic heterocycles. The third kappa shape index (κ3) is 4.65. The van der Waals surface area contributed by atoms with Gasteiger partial charge in [-0.3, -0.25) is 4.79 Å². The molecule has 2 heterocycles. The van der Waals surface area contributed by atoms with Gasteiger partial charge in [-0.2, -0.15) is 0 Å². The van der Waals surface area contributed by atoms with Gasteiger partial charge in [-0.25, -0.2) is 4.98 Å². The van der Waals surface area contributed by atoms with Crippen molar-refractivity contribution in [3.8, 4) is 27.4 Å². The number of aryl methyl sites for hydroxylation is 1. The number of carboxylic acid groups (broad SMARTS) is 1. The largest absolute Gasteiger partial charge is 0.507 e. The van der Waals surface area contributed by atoms with Crippen LogP contribution in [0, 0.1) is 18.8 Å². The van der Waals surface area contributed by atoms with Crippen molar-refractivity contribution < 1.29 is 15.0 Å². The van der Waals surface area contributed by atoms with Gasteiger partial charge in [0.25, 0.3) is 0 Å². The van der Waals surface area contributed by atoms with Gasteiger partial charge in [-0.15, -0.1) is 11.3 Å². The van der Waals surface area contributed by atoms with E-state index in [9.17, 15) is 15.0 Å². The minimum Gasteiger partial charge on any atom is -0.507 e. The van der Waals surface area contributed by atoms with Gasteiger partial charge in [-0.1, -0.05) is 17.7 Å². The summed E-state index contributed by atoms with van der Waals surface area (Å²) in [5.74, 6) is 0.571. The molecule has 5 nitrogen and oxygen atoms in total. The lowest BCUT2D eigenvalue weighted by atomic mass is 9.82. The Bertz CT molecular complexity index is 1020. The number of hydrogen-bond acceptors (Lipinski definition) is 5. The SMILES string of the molecule is Cc1ccc(O)c(-c2cc(-c3cccs3)cc(NC[C@H]3CC[C@H](C(=O)O)CC3)n2)c1. The van der Waals surface area contributed by atoms with E-state index in [1.54, 1.807) is 17.4 Å². The van der Waals surface area contributed by atoms with Crippen molar-refractivity contribution in [1.29, 1.82) is 0 Å². The summed E-state index contributed by atoms with van der Waals surface area (Å²) in [4.78, 5) is 17.1. The smallest absolute Gasteiger partial charge is 0.306 e. The third-order valence-corrected chi connectivity index (χ3v) is 6.75. The molecule has 1 saturated carbocycles. The molecule has 0 amide bonds. The molecule has 0 radical (unpaired) electrons. The van der Waals surface area contributed by atoms with Crippen molar-refractivity contribution in [1.82, 2.24) is 4.98 Å². The number of anilines is 1. The van der Waals surface area contributed by atoms with Crippen molar-refractivity contribution in [3.63, 3.8) is 0 Å². The highest BCUT2D eigenvalue weighted by molar-refractivity contribution is 7.13. The number of nitrogens with zero attached hydrogens (tertiary/aromatic N) is 1. The highest BCUT2D eigenvalue weighted by Gasteiger charge is 2.25. The molecule has 3 N–H and O–H groups in total. The number of carboxylic acids is 1. The lowest BCUT2D eigenvalue weighted by molar-refractivity contribution is -0.143. The molecule has 1 aliphatic carbocycles. The number of benzene rings is 1. The van der Waals surface area contributed by atoms with Crippen LogP contribution in [0.4, 0.5) is 5.82 Å². The molecule has 156 valence electrons. The Balaban J connectivity index is 1.57. The second kappa shape index (κ2) is 8.88. The fourth-order valence-electron chi connectivity index (χ4n) is 4.06. The van der Waals surface area contributed by atoms with Crippen LogP contribution in [0.25, 0.3) is 21.7 Å². The summed E-state index contributed by atoms with van der Waals surface area (Å²) in [5, 5.41) is 25.1. The van der Waals surface area contributed by atoms with Crippen LogP contribution in [0.5, 0.6) is 5.75 Å². The van der Waals surface area contributed by atoms with Crippen molar-refractivity contribution in [2.24, 2.45) is 11.8 Å². The molecule has 0 atom stereocenters. The number of phenolic OH excluding ortho intramolecular Hbond substituents is 1. The number of phenols is 1. The molecule has 1 aliphatic rings. The van der Waals surface area contributed by atoms with Crippen LogP contribution < -0.4 is 5.32 Å². The van der Waals surface area contributed by atoms with Gasteiger partial charge >= 0.3 is 5.97 Å². The van der Waals surface area contributed by atoms with Crippen LogP contribution in [0.15, 0.2) is 47.8 Å². The molecule has 3 aromatic rings. The molecule has 6 heteroatoms. The highest BCUT2D eigenvalue weighted by atomic mass is 32.1. The summed E-state index contributed by atoms with van der Waals surface area (Å²) in [6, 6.07) is 13.7. The maximum Gasteiger partial charge on any atom is 0.306 e. The molecule has 0 spiro atoms. The van der Waals surface area contributed by atoms with E-state index < -0.39 is 5.97 Å². The van der Waals surface area contributed by atoms with Crippen molar-refractivity contribution in [3.05, 3.63) is 53.4 Å². The van der Waals surface area contributed by atoms with Crippen LogP contribution in [0.2, 0.25) is 0 Å². The molecule has 1 aromatic carbocycles. The fraction of sp³-hybridized carbons (Fsp3) is 0.333. The quantitative estimate of drug-likeness (QED) is 0.468. The number of aromatic nitrogens is 1. The Labute approximate surface area is 180 Å². The predicted molar refractivity (Wildman–Crippen MR) is 121 cm³/mol. The van der Waals surface area contributed by atoms with Gasteiger partial charge in [-0.05, 0) is 79.8 Å². The van der Waals surface area contributed by atoms with E-state index in [1.165, 1.54) is 0 Å². The molecule has 4 rings (SSSR count).